The maximum atomic E-state index is 12.1. The van der Waals surface area contributed by atoms with Gasteiger partial charge in [-0.05, 0) is 43.4 Å². The fourth-order valence-electron chi connectivity index (χ4n) is 3.97. The molecule has 1 unspecified atom stereocenters. The first kappa shape index (κ1) is 19.9. The van der Waals surface area contributed by atoms with Crippen molar-refractivity contribution in [1.82, 2.24) is 5.32 Å². The molecule has 4 N–H and O–H groups in total. The summed E-state index contributed by atoms with van der Waals surface area (Å²) in [5.41, 5.74) is 2.64. The van der Waals surface area contributed by atoms with E-state index in [0.717, 1.165) is 37.3 Å². The fourth-order valence-corrected chi connectivity index (χ4v) is 3.97. The van der Waals surface area contributed by atoms with Gasteiger partial charge in [-0.2, -0.15) is 0 Å². The van der Waals surface area contributed by atoms with Gasteiger partial charge < -0.3 is 20.7 Å². The molecule has 8 nitrogen and oxygen atoms in total. The number of nitrogens with one attached hydrogen (secondary N) is 3. The van der Waals surface area contributed by atoms with Gasteiger partial charge in [0.05, 0.1) is 11.6 Å². The van der Waals surface area contributed by atoms with Crippen LogP contribution in [0.4, 0.5) is 11.4 Å². The Morgan fingerprint density at radius 2 is 2.00 bits per heavy atom. The summed E-state index contributed by atoms with van der Waals surface area (Å²) >= 11 is 0. The monoisotopic (exact) mass is 386 g/mol. The number of aliphatic carboxylic acids is 1. The van der Waals surface area contributed by atoms with Crippen molar-refractivity contribution in [3.05, 3.63) is 23.8 Å². The van der Waals surface area contributed by atoms with E-state index < -0.39 is 17.8 Å². The summed E-state index contributed by atoms with van der Waals surface area (Å²) in [5, 5.41) is 22.9. The molecule has 2 amide bonds. The van der Waals surface area contributed by atoms with Crippen molar-refractivity contribution in [3.63, 3.8) is 0 Å². The van der Waals surface area contributed by atoms with Gasteiger partial charge in [-0.25, -0.2) is 0 Å². The van der Waals surface area contributed by atoms with E-state index in [1.807, 2.05) is 18.2 Å². The molecule has 3 rings (SSSR count). The minimum absolute atomic E-state index is 0.209. The van der Waals surface area contributed by atoms with Crippen LogP contribution in [0, 0.1) is 17.2 Å². The minimum Gasteiger partial charge on any atom is -0.481 e. The van der Waals surface area contributed by atoms with Crippen LogP contribution in [0.5, 0.6) is 0 Å². The molecule has 2 fully saturated rings. The largest absolute Gasteiger partial charge is 0.481 e. The molecule has 28 heavy (non-hydrogen) atoms. The Morgan fingerprint density at radius 1 is 1.29 bits per heavy atom. The summed E-state index contributed by atoms with van der Waals surface area (Å²) in [6.07, 6.45) is 2.50. The van der Waals surface area contributed by atoms with Crippen molar-refractivity contribution >= 4 is 34.9 Å². The van der Waals surface area contributed by atoms with Crippen LogP contribution in [0.2, 0.25) is 0 Å². The third kappa shape index (κ3) is 4.32. The van der Waals surface area contributed by atoms with Gasteiger partial charge in [0.25, 0.3) is 0 Å². The Kier molecular flexibility index (Phi) is 5.96. The minimum atomic E-state index is -0.743. The molecule has 0 aromatic heterocycles. The third-order valence-electron chi connectivity index (χ3n) is 5.59. The number of imide groups is 1. The normalized spacial score (nSPS) is 20.6. The molecule has 0 spiro atoms. The number of hydrogen-bond donors (Lipinski definition) is 4. The standard InChI is InChI=1S/C20H26N4O4/c1-22-16-11-13(24-8-6-12(7-9-24)10-18(26)27)2-3-14(16)19(21)15-4-5-17(25)23-20(15)28/h2-3,11-12,15,21-22H,4-10H2,1H3,(H,26,27)(H,23,25,28). The lowest BCUT2D eigenvalue weighted by Crippen LogP contribution is -2.44. The van der Waals surface area contributed by atoms with Crippen molar-refractivity contribution < 1.29 is 19.5 Å². The number of benzene rings is 1. The highest BCUT2D eigenvalue weighted by molar-refractivity contribution is 6.17. The zero-order chi connectivity index (χ0) is 20.3. The average Bonchev–Trinajstić information content (AvgIpc) is 2.67. The maximum absolute atomic E-state index is 12.1. The van der Waals surface area contributed by atoms with Crippen molar-refractivity contribution in [2.45, 2.75) is 32.1 Å². The Hall–Kier alpha value is -2.90. The van der Waals surface area contributed by atoms with Gasteiger partial charge in [0.15, 0.2) is 0 Å². The highest BCUT2D eigenvalue weighted by Crippen LogP contribution is 2.30. The van der Waals surface area contributed by atoms with E-state index in [1.165, 1.54) is 0 Å². The van der Waals surface area contributed by atoms with Crippen molar-refractivity contribution in [2.24, 2.45) is 11.8 Å². The Morgan fingerprint density at radius 3 is 2.61 bits per heavy atom. The van der Waals surface area contributed by atoms with E-state index >= 15 is 0 Å². The molecule has 1 atom stereocenters. The molecule has 8 heteroatoms. The van der Waals surface area contributed by atoms with Gasteiger partial charge in [0.2, 0.25) is 11.8 Å². The second-order valence-corrected chi connectivity index (χ2v) is 7.43. The summed E-state index contributed by atoms with van der Waals surface area (Å²) in [6.45, 7) is 1.59. The number of carbonyl (C=O) groups is 3. The second kappa shape index (κ2) is 8.41. The van der Waals surface area contributed by atoms with Crippen LogP contribution in [0.25, 0.3) is 0 Å². The molecule has 1 aromatic carbocycles. The highest BCUT2D eigenvalue weighted by atomic mass is 16.4. The molecule has 2 aliphatic rings. The van der Waals surface area contributed by atoms with E-state index in [1.54, 1.807) is 7.05 Å². The smallest absolute Gasteiger partial charge is 0.303 e. The van der Waals surface area contributed by atoms with Crippen LogP contribution >= 0.6 is 0 Å². The van der Waals surface area contributed by atoms with Gasteiger partial charge in [-0.3, -0.25) is 19.7 Å². The zero-order valence-electron chi connectivity index (χ0n) is 16.0. The average molecular weight is 386 g/mol. The fraction of sp³-hybridized carbons (Fsp3) is 0.500. The lowest BCUT2D eigenvalue weighted by molar-refractivity contribution is -0.138. The van der Waals surface area contributed by atoms with E-state index in [4.69, 9.17) is 10.5 Å². The predicted molar refractivity (Wildman–Crippen MR) is 106 cm³/mol. The zero-order valence-corrected chi connectivity index (χ0v) is 16.0. The maximum Gasteiger partial charge on any atom is 0.303 e. The number of piperidine rings is 2. The molecule has 150 valence electrons. The number of carbonyl (C=O) groups excluding carboxylic acids is 2. The van der Waals surface area contributed by atoms with E-state index in [-0.39, 0.29) is 30.4 Å². The van der Waals surface area contributed by atoms with Crippen LogP contribution < -0.4 is 15.5 Å². The lowest BCUT2D eigenvalue weighted by atomic mass is 9.88. The van der Waals surface area contributed by atoms with Gasteiger partial charge in [0.1, 0.15) is 0 Å². The van der Waals surface area contributed by atoms with Crippen LogP contribution in [0.15, 0.2) is 18.2 Å². The van der Waals surface area contributed by atoms with Crippen molar-refractivity contribution in [2.75, 3.05) is 30.4 Å². The van der Waals surface area contributed by atoms with Gasteiger partial charge in [0, 0.05) is 49.9 Å². The molecule has 2 saturated heterocycles. The molecule has 2 aliphatic heterocycles. The van der Waals surface area contributed by atoms with E-state index in [9.17, 15) is 14.4 Å². The highest BCUT2D eigenvalue weighted by Gasteiger charge is 2.31. The van der Waals surface area contributed by atoms with Crippen molar-refractivity contribution in [1.29, 1.82) is 5.41 Å². The molecule has 0 aliphatic carbocycles. The Labute approximate surface area is 163 Å². The number of carboxylic acids is 1. The summed E-state index contributed by atoms with van der Waals surface area (Å²) in [4.78, 5) is 36.6. The summed E-state index contributed by atoms with van der Waals surface area (Å²) in [6, 6.07) is 5.75. The molecular weight excluding hydrogens is 360 g/mol. The molecule has 0 radical (unpaired) electrons. The van der Waals surface area contributed by atoms with Gasteiger partial charge in [-0.1, -0.05) is 0 Å². The second-order valence-electron chi connectivity index (χ2n) is 7.43. The van der Waals surface area contributed by atoms with Crippen LogP contribution in [0.3, 0.4) is 0 Å². The van der Waals surface area contributed by atoms with Crippen LogP contribution in [-0.4, -0.2) is 48.7 Å². The Balaban J connectivity index is 1.72. The number of anilines is 2. The van der Waals surface area contributed by atoms with Gasteiger partial charge in [-0.15, -0.1) is 0 Å². The quantitative estimate of drug-likeness (QED) is 0.437. The van der Waals surface area contributed by atoms with E-state index in [2.05, 4.69) is 15.5 Å². The van der Waals surface area contributed by atoms with Crippen LogP contribution in [0.1, 0.15) is 37.7 Å². The molecule has 0 bridgehead atoms. The summed E-state index contributed by atoms with van der Waals surface area (Å²) < 4.78 is 0. The Bertz CT molecular complexity index is 799. The topological polar surface area (TPSA) is 123 Å². The molecule has 2 heterocycles. The number of nitrogens with zero attached hydrogens (tertiary/aromatic N) is 1. The first-order chi connectivity index (χ1) is 13.4. The molecule has 1 aromatic rings. The summed E-state index contributed by atoms with van der Waals surface area (Å²) in [7, 11) is 1.78. The number of carboxylic acid groups (broad SMARTS) is 1. The predicted octanol–water partition coefficient (Wildman–Crippen LogP) is 1.84. The third-order valence-corrected chi connectivity index (χ3v) is 5.59. The van der Waals surface area contributed by atoms with Crippen LogP contribution in [-0.2, 0) is 14.4 Å². The number of hydrogen-bond acceptors (Lipinski definition) is 6. The number of amides is 2. The van der Waals surface area contributed by atoms with E-state index in [0.29, 0.717) is 12.0 Å². The molecule has 0 saturated carbocycles. The first-order valence-corrected chi connectivity index (χ1v) is 9.60. The number of rotatable bonds is 6. The SMILES string of the molecule is CNc1cc(N2CCC(CC(=O)O)CC2)ccc1C(=N)C1CCC(=O)NC1=O. The molecular formula is C20H26N4O4. The van der Waals surface area contributed by atoms with Crippen molar-refractivity contribution in [3.8, 4) is 0 Å². The summed E-state index contributed by atoms with van der Waals surface area (Å²) in [5.74, 6) is -1.84. The first-order valence-electron chi connectivity index (χ1n) is 9.60. The lowest BCUT2D eigenvalue weighted by Gasteiger charge is -2.33. The van der Waals surface area contributed by atoms with Gasteiger partial charge >= 0.3 is 5.97 Å².